The summed E-state index contributed by atoms with van der Waals surface area (Å²) in [6.45, 7) is 3.39. The normalized spacial score (nSPS) is 29.0. The first-order chi connectivity index (χ1) is 26.8. The number of oxime groups is 1. The molecule has 0 bridgehead atoms. The van der Waals surface area contributed by atoms with Crippen LogP contribution in [0.2, 0.25) is 0 Å². The molecule has 12 heteroatoms. The maximum absolute atomic E-state index is 13.0. The molecule has 2 aromatic carbocycles. The number of phenols is 1. The lowest BCUT2D eigenvalue weighted by Gasteiger charge is -2.59. The molecule has 5 N–H and O–H groups in total. The van der Waals surface area contributed by atoms with E-state index in [1.165, 1.54) is 29.8 Å². The summed E-state index contributed by atoms with van der Waals surface area (Å²) >= 11 is 0. The number of benzene rings is 3. The van der Waals surface area contributed by atoms with Gasteiger partial charge in [-0.2, -0.15) is 0 Å². The van der Waals surface area contributed by atoms with Crippen LogP contribution >= 0.6 is 0 Å². The zero-order valence-electron chi connectivity index (χ0n) is 31.4. The lowest BCUT2D eigenvalue weighted by molar-refractivity contribution is -0.144. The fourth-order valence-corrected chi connectivity index (χ4v) is 11.1. The number of rotatable bonds is 9. The summed E-state index contributed by atoms with van der Waals surface area (Å²) in [6.07, 6.45) is 6.92. The number of fused-ring (bicyclic) bond motifs is 7. The number of hydrogen-bond donors (Lipinski definition) is 5. The number of hydrogen-bond acceptors (Lipinski definition) is 10. The van der Waals surface area contributed by atoms with E-state index in [4.69, 9.17) is 9.25 Å². The van der Waals surface area contributed by atoms with Gasteiger partial charge in [0, 0.05) is 28.5 Å². The van der Waals surface area contributed by atoms with Gasteiger partial charge < -0.3 is 35.0 Å². The minimum Gasteiger partial charge on any atom is -0.507 e. The predicted molar refractivity (Wildman–Crippen MR) is 207 cm³/mol. The molecule has 6 aliphatic rings. The van der Waals surface area contributed by atoms with Crippen molar-refractivity contribution in [1.29, 1.82) is 0 Å². The second kappa shape index (κ2) is 14.3. The highest BCUT2D eigenvalue weighted by Crippen LogP contribution is 2.66. The quantitative estimate of drug-likeness (QED) is 0.0987. The number of phenolic OH excluding ortho intramolecular Hbond substituents is 1. The van der Waals surface area contributed by atoms with Crippen molar-refractivity contribution in [3.8, 4) is 28.2 Å². The van der Waals surface area contributed by atoms with Crippen LogP contribution in [0.3, 0.4) is 0 Å². The summed E-state index contributed by atoms with van der Waals surface area (Å²) in [5, 5.41) is 49.8. The van der Waals surface area contributed by atoms with Crippen LogP contribution in [0.25, 0.3) is 33.4 Å². The summed E-state index contributed by atoms with van der Waals surface area (Å²) < 4.78 is 6.17. The highest BCUT2D eigenvalue weighted by molar-refractivity contribution is 6.08. The number of amides is 1. The van der Waals surface area contributed by atoms with Crippen LogP contribution < -0.4 is 10.7 Å². The first-order valence-electron chi connectivity index (χ1n) is 19.4. The van der Waals surface area contributed by atoms with Crippen LogP contribution in [0.4, 0.5) is 0 Å². The molecule has 0 aromatic heterocycles. The van der Waals surface area contributed by atoms with Crippen molar-refractivity contribution >= 4 is 34.3 Å². The van der Waals surface area contributed by atoms with Gasteiger partial charge in [0.1, 0.15) is 23.7 Å². The Morgan fingerprint density at radius 1 is 1.02 bits per heavy atom. The molecular formula is C44H46N2O10. The average Bonchev–Trinajstić information content (AvgIpc) is 3.52. The number of carbonyl (C=O) groups is 3. The zero-order valence-corrected chi connectivity index (χ0v) is 31.4. The topological polar surface area (TPSA) is 196 Å². The number of Topliss-reactive ketones (excluding diaryl/α,β-unsaturated/α-hetero) is 1. The van der Waals surface area contributed by atoms with Crippen molar-refractivity contribution in [3.05, 3.63) is 87.6 Å². The molecule has 1 amide bonds. The van der Waals surface area contributed by atoms with Gasteiger partial charge in [0.15, 0.2) is 17.8 Å². The highest BCUT2D eigenvalue weighted by Gasteiger charge is 2.62. The molecule has 12 nitrogen and oxygen atoms in total. The Morgan fingerprint density at radius 3 is 2.61 bits per heavy atom. The Kier molecular flexibility index (Phi) is 9.61. The van der Waals surface area contributed by atoms with E-state index in [1.54, 1.807) is 30.3 Å². The van der Waals surface area contributed by atoms with Gasteiger partial charge in [-0.05, 0) is 116 Å². The number of allylic oxidation sites excluding steroid dienone is 2. The van der Waals surface area contributed by atoms with Crippen molar-refractivity contribution in [2.75, 3.05) is 13.2 Å². The second-order valence-electron chi connectivity index (χ2n) is 16.5. The van der Waals surface area contributed by atoms with Crippen molar-refractivity contribution in [3.63, 3.8) is 0 Å². The molecule has 8 rings (SSSR count). The first kappa shape index (κ1) is 37.6. The molecule has 7 unspecified atom stereocenters. The Bertz CT molecular complexity index is 2350. The molecule has 1 heterocycles. The number of carboxylic acids is 1. The van der Waals surface area contributed by atoms with Crippen molar-refractivity contribution in [1.82, 2.24) is 5.32 Å². The van der Waals surface area contributed by atoms with Crippen molar-refractivity contribution in [2.45, 2.75) is 71.4 Å². The minimum atomic E-state index is -1.13. The van der Waals surface area contributed by atoms with Crippen LogP contribution in [0, 0.1) is 34.5 Å². The highest BCUT2D eigenvalue weighted by atomic mass is 16.6. The SMILES string of the molecule is CC12CC/C(=N\OCC(=O)NCc3c(O)ccc4c(-c5ccccc5C(=O)O)c5ccc(=O)cc-5oc34)C=C1CCC1C2C(O)CC2(C)C(C(=O)CO)CCC12. The summed E-state index contributed by atoms with van der Waals surface area (Å²) in [6, 6.07) is 13.8. The van der Waals surface area contributed by atoms with E-state index in [-0.39, 0.29) is 75.2 Å². The maximum atomic E-state index is 13.0. The second-order valence-corrected chi connectivity index (χ2v) is 16.5. The number of ketones is 1. The fourth-order valence-electron chi connectivity index (χ4n) is 11.1. The summed E-state index contributed by atoms with van der Waals surface area (Å²) in [4.78, 5) is 55.8. The van der Waals surface area contributed by atoms with Crippen LogP contribution in [0.1, 0.15) is 74.7 Å². The number of aromatic hydroxyl groups is 1. The van der Waals surface area contributed by atoms with Gasteiger partial charge in [-0.3, -0.25) is 14.4 Å². The monoisotopic (exact) mass is 762 g/mol. The third-order valence-corrected chi connectivity index (χ3v) is 13.7. The molecule has 292 valence electrons. The van der Waals surface area contributed by atoms with Gasteiger partial charge in [-0.1, -0.05) is 42.8 Å². The molecule has 7 atom stereocenters. The Labute approximate surface area is 323 Å². The number of nitrogens with one attached hydrogen (secondary N) is 1. The van der Waals surface area contributed by atoms with Gasteiger partial charge in [0.2, 0.25) is 0 Å². The molecule has 2 aromatic rings. The standard InChI is InChI=1S/C44H46N2O10/c1-43-16-15-24(17-23(43)7-9-28-32-12-13-33(36(51)21-47)44(32,2)19-35(50)40(28)43)46-55-22-38(52)45-20-31-34(49)14-11-30-39(26-5-3-4-6-27(26)42(53)54)29-10-8-25(48)18-37(29)56-41(30)31/h3-6,8,10-11,14,17-18,28,32-33,35,40,47,49-50H,7,9,12-13,15-16,19-22H2,1-2H3,(H,45,52)(H,53,54)/b46-24+. The average molecular weight is 763 g/mol. The number of carbonyl (C=O) groups excluding carboxylic acids is 2. The summed E-state index contributed by atoms with van der Waals surface area (Å²) in [7, 11) is 0. The Balaban J connectivity index is 0.978. The van der Waals surface area contributed by atoms with Crippen LogP contribution in [0.15, 0.2) is 80.6 Å². The Hall–Kier alpha value is -5.33. The molecule has 5 aliphatic carbocycles. The van der Waals surface area contributed by atoms with Gasteiger partial charge in [0.05, 0.1) is 29.5 Å². The van der Waals surface area contributed by atoms with E-state index in [9.17, 15) is 39.6 Å². The van der Waals surface area contributed by atoms with E-state index in [0.717, 1.165) is 37.8 Å². The molecule has 3 saturated carbocycles. The summed E-state index contributed by atoms with van der Waals surface area (Å²) in [5.74, 6) is -1.22. The fraction of sp³-hybridized carbons (Fsp3) is 0.432. The number of carboxylic acid groups (broad SMARTS) is 1. The van der Waals surface area contributed by atoms with Crippen LogP contribution in [0.5, 0.6) is 5.75 Å². The van der Waals surface area contributed by atoms with Crippen molar-refractivity contribution < 1.29 is 44.1 Å². The van der Waals surface area contributed by atoms with Gasteiger partial charge in [-0.25, -0.2) is 4.79 Å². The van der Waals surface area contributed by atoms with E-state index in [1.807, 2.05) is 0 Å². The molecule has 1 aliphatic heterocycles. The van der Waals surface area contributed by atoms with E-state index in [2.05, 4.69) is 30.4 Å². The van der Waals surface area contributed by atoms with Crippen molar-refractivity contribution in [2.24, 2.45) is 39.7 Å². The summed E-state index contributed by atoms with van der Waals surface area (Å²) in [5.41, 5.74) is 3.00. The van der Waals surface area contributed by atoms with Gasteiger partial charge in [-0.15, -0.1) is 0 Å². The van der Waals surface area contributed by atoms with Gasteiger partial charge in [0.25, 0.3) is 5.91 Å². The van der Waals surface area contributed by atoms with Gasteiger partial charge >= 0.3 is 5.97 Å². The molecule has 3 fully saturated rings. The van der Waals surface area contributed by atoms with E-state index >= 15 is 0 Å². The number of nitrogens with zero attached hydrogens (tertiary/aromatic N) is 1. The predicted octanol–water partition coefficient (Wildman–Crippen LogP) is 6.07. The largest absolute Gasteiger partial charge is 0.507 e. The smallest absolute Gasteiger partial charge is 0.336 e. The molecule has 56 heavy (non-hydrogen) atoms. The molecular weight excluding hydrogens is 716 g/mol. The molecule has 0 saturated heterocycles. The first-order valence-corrected chi connectivity index (χ1v) is 19.4. The molecule has 0 radical (unpaired) electrons. The Morgan fingerprint density at radius 2 is 1.82 bits per heavy atom. The van der Waals surface area contributed by atoms with Crippen LogP contribution in [-0.4, -0.2) is 63.1 Å². The number of aliphatic hydroxyl groups is 2. The lowest BCUT2D eigenvalue weighted by Crippen LogP contribution is -2.57. The number of aromatic carboxylic acids is 1. The van der Waals surface area contributed by atoms with Crippen LogP contribution in [-0.2, 0) is 21.0 Å². The maximum Gasteiger partial charge on any atom is 0.336 e. The zero-order chi connectivity index (χ0) is 39.5. The van der Waals surface area contributed by atoms with E-state index in [0.29, 0.717) is 46.8 Å². The third-order valence-electron chi connectivity index (χ3n) is 13.7. The molecule has 0 spiro atoms. The minimum absolute atomic E-state index is 0.0510. The lowest BCUT2D eigenvalue weighted by atomic mass is 9.46. The van der Waals surface area contributed by atoms with E-state index < -0.39 is 24.6 Å². The number of aliphatic hydroxyl groups excluding tert-OH is 2. The third kappa shape index (κ3) is 6.19.